The maximum absolute atomic E-state index is 12.5. The van der Waals surface area contributed by atoms with E-state index < -0.39 is 86.9 Å². The van der Waals surface area contributed by atoms with E-state index in [0.717, 1.165) is 18.2 Å². The van der Waals surface area contributed by atoms with E-state index in [1.807, 2.05) is 0 Å². The maximum atomic E-state index is 12.5. The lowest BCUT2D eigenvalue weighted by Gasteiger charge is -2.10. The number of nitrogen functional groups attached to an aromatic ring is 2. The molecule has 0 aliphatic heterocycles. The van der Waals surface area contributed by atoms with Crippen LogP contribution in [0.1, 0.15) is 0 Å². The molecule has 0 spiro atoms. The van der Waals surface area contributed by atoms with Crippen molar-refractivity contribution in [1.82, 2.24) is 0 Å². The van der Waals surface area contributed by atoms with Crippen molar-refractivity contribution < 1.29 is 52.1 Å². The molecule has 0 fully saturated rings. The first-order valence-electron chi connectivity index (χ1n) is 11.8. The summed E-state index contributed by atoms with van der Waals surface area (Å²) in [4.78, 5) is -1.38. The van der Waals surface area contributed by atoms with Gasteiger partial charge in [-0.25, -0.2) is 21.0 Å². The molecular formula is C22H24N6O12S4. The highest BCUT2D eigenvalue weighted by Crippen LogP contribution is 2.43. The molecule has 3 aromatic carbocycles. The summed E-state index contributed by atoms with van der Waals surface area (Å²) in [6, 6.07) is 10.7. The average molecular weight is 693 g/mol. The number of sulfone groups is 2. The van der Waals surface area contributed by atoms with E-state index in [-0.39, 0.29) is 26.9 Å². The molecule has 7 N–H and O–H groups in total. The standard InChI is InChI=1S/C22H24N6O12S4/c23-20-18(27-25-14-3-1-6-17(11-14)42(32,33)10-8-40-44(37,38)39)13-19(43(34,35)36)21(24)22(20)28-26-15-4-2-5-16(12-15)41(30,31)9-7-29/h1-6,11-13,29H,7-10,23-24H2,(H,34,35,36)(H,37,38,39). The predicted octanol–water partition coefficient (Wildman–Crippen LogP) is 2.29. The Morgan fingerprint density at radius 3 is 1.70 bits per heavy atom. The van der Waals surface area contributed by atoms with Crippen LogP contribution in [0.5, 0.6) is 0 Å². The summed E-state index contributed by atoms with van der Waals surface area (Å²) >= 11 is 0. The smallest absolute Gasteiger partial charge is 0.396 e. The van der Waals surface area contributed by atoms with E-state index in [1.54, 1.807) is 0 Å². The van der Waals surface area contributed by atoms with Gasteiger partial charge in [0.15, 0.2) is 19.7 Å². The summed E-state index contributed by atoms with van der Waals surface area (Å²) in [5.74, 6) is -1.36. The largest absolute Gasteiger partial charge is 0.397 e. The molecule has 0 bridgehead atoms. The normalized spacial score (nSPS) is 13.2. The van der Waals surface area contributed by atoms with Crippen LogP contribution in [0.15, 0.2) is 89.7 Å². The fourth-order valence-electron chi connectivity index (χ4n) is 3.37. The van der Waals surface area contributed by atoms with Gasteiger partial charge in [-0.15, -0.1) is 10.2 Å². The van der Waals surface area contributed by atoms with Crippen LogP contribution in [-0.2, 0) is 44.4 Å². The molecule has 18 nitrogen and oxygen atoms in total. The average Bonchev–Trinajstić information content (AvgIpc) is 2.91. The maximum Gasteiger partial charge on any atom is 0.397 e. The molecule has 0 radical (unpaired) electrons. The van der Waals surface area contributed by atoms with Crippen LogP contribution in [0.25, 0.3) is 0 Å². The Hall–Kier alpha value is -3.90. The Kier molecular flexibility index (Phi) is 10.5. The number of anilines is 2. The van der Waals surface area contributed by atoms with Crippen molar-refractivity contribution in [2.45, 2.75) is 14.7 Å². The minimum Gasteiger partial charge on any atom is -0.396 e. The Labute approximate surface area is 251 Å². The van der Waals surface area contributed by atoms with Crippen LogP contribution in [0, 0.1) is 0 Å². The molecule has 0 saturated heterocycles. The van der Waals surface area contributed by atoms with Crippen LogP contribution in [-0.4, -0.2) is 72.6 Å². The lowest BCUT2D eigenvalue weighted by Crippen LogP contribution is -2.15. The van der Waals surface area contributed by atoms with Gasteiger partial charge >= 0.3 is 10.4 Å². The zero-order valence-electron chi connectivity index (χ0n) is 22.1. The number of rotatable bonds is 13. The molecule has 0 unspecified atom stereocenters. The van der Waals surface area contributed by atoms with Crippen molar-refractivity contribution in [2.75, 3.05) is 36.2 Å². The van der Waals surface area contributed by atoms with E-state index in [2.05, 4.69) is 24.6 Å². The quantitative estimate of drug-likeness (QED) is 0.0975. The molecule has 238 valence electrons. The Balaban J connectivity index is 2.02. The zero-order valence-corrected chi connectivity index (χ0v) is 25.4. The van der Waals surface area contributed by atoms with Crippen molar-refractivity contribution in [3.05, 3.63) is 54.6 Å². The first-order valence-corrected chi connectivity index (χ1v) is 17.9. The third-order valence-corrected chi connectivity index (χ3v) is 10.2. The number of aliphatic hydroxyl groups excluding tert-OH is 1. The minimum absolute atomic E-state index is 0.0248. The zero-order chi connectivity index (χ0) is 32.9. The number of azo groups is 2. The van der Waals surface area contributed by atoms with Crippen LogP contribution >= 0.6 is 0 Å². The number of nitrogens with zero attached hydrogens (tertiary/aromatic N) is 4. The first kappa shape index (κ1) is 34.6. The molecule has 44 heavy (non-hydrogen) atoms. The fraction of sp³-hybridized carbons (Fsp3) is 0.182. The summed E-state index contributed by atoms with van der Waals surface area (Å²) in [7, 11) is -17.8. The number of nitrogens with two attached hydrogens (primary N) is 2. The fourth-order valence-corrected chi connectivity index (χ4v) is 6.59. The van der Waals surface area contributed by atoms with Crippen molar-refractivity contribution in [3.63, 3.8) is 0 Å². The van der Waals surface area contributed by atoms with Crippen molar-refractivity contribution in [3.8, 4) is 0 Å². The summed E-state index contributed by atoms with van der Waals surface area (Å²) < 4.78 is 117. The van der Waals surface area contributed by atoms with Crippen molar-refractivity contribution in [1.29, 1.82) is 0 Å². The highest BCUT2D eigenvalue weighted by atomic mass is 32.3. The SMILES string of the molecule is Nc1c(N=Nc2cccc(S(=O)(=O)CCOS(=O)(=O)O)c2)cc(S(=O)(=O)O)c(N)c1N=Nc1cccc(S(=O)(=O)CCO)c1. The third kappa shape index (κ3) is 9.06. The van der Waals surface area contributed by atoms with E-state index in [4.69, 9.17) is 21.1 Å². The molecule has 22 heteroatoms. The van der Waals surface area contributed by atoms with Gasteiger partial charge in [0.25, 0.3) is 10.1 Å². The molecule has 0 aromatic heterocycles. The summed E-state index contributed by atoms with van der Waals surface area (Å²) in [5.41, 5.74) is 9.98. The molecule has 0 aliphatic rings. The summed E-state index contributed by atoms with van der Waals surface area (Å²) in [5, 5.41) is 24.3. The lowest BCUT2D eigenvalue weighted by atomic mass is 10.2. The Morgan fingerprint density at radius 2 is 1.20 bits per heavy atom. The van der Waals surface area contributed by atoms with E-state index in [0.29, 0.717) is 0 Å². The van der Waals surface area contributed by atoms with Gasteiger partial charge in [0, 0.05) is 0 Å². The summed E-state index contributed by atoms with van der Waals surface area (Å²) in [6.07, 6.45) is 0. The number of aliphatic hydroxyl groups is 1. The minimum atomic E-state index is -4.98. The van der Waals surface area contributed by atoms with Gasteiger partial charge in [-0.3, -0.25) is 9.11 Å². The highest BCUT2D eigenvalue weighted by molar-refractivity contribution is 7.91. The second kappa shape index (κ2) is 13.4. The molecule has 3 rings (SSSR count). The second-order valence-corrected chi connectivity index (χ2v) is 15.3. The molecule has 0 atom stereocenters. The molecule has 0 saturated carbocycles. The van der Waals surface area contributed by atoms with Crippen LogP contribution in [0.3, 0.4) is 0 Å². The van der Waals surface area contributed by atoms with Crippen molar-refractivity contribution in [2.24, 2.45) is 20.5 Å². The molecule has 0 heterocycles. The first-order chi connectivity index (χ1) is 20.3. The monoisotopic (exact) mass is 692 g/mol. The van der Waals surface area contributed by atoms with Gasteiger partial charge in [-0.05, 0) is 42.5 Å². The highest BCUT2D eigenvalue weighted by Gasteiger charge is 2.23. The van der Waals surface area contributed by atoms with E-state index in [9.17, 15) is 38.2 Å². The van der Waals surface area contributed by atoms with Gasteiger partial charge in [0.05, 0.1) is 57.3 Å². The third-order valence-electron chi connectivity index (χ3n) is 5.43. The Morgan fingerprint density at radius 1 is 0.682 bits per heavy atom. The molecule has 3 aromatic rings. The topological polar surface area (TPSA) is 308 Å². The van der Waals surface area contributed by atoms with Crippen LogP contribution < -0.4 is 11.5 Å². The van der Waals surface area contributed by atoms with E-state index >= 15 is 0 Å². The second-order valence-electron chi connectivity index (χ2n) is 8.55. The van der Waals surface area contributed by atoms with Gasteiger partial charge in [0.1, 0.15) is 16.3 Å². The molecule has 0 amide bonds. The van der Waals surface area contributed by atoms with E-state index in [1.165, 1.54) is 36.4 Å². The van der Waals surface area contributed by atoms with Gasteiger partial charge in [-0.2, -0.15) is 27.1 Å². The summed E-state index contributed by atoms with van der Waals surface area (Å²) in [6.45, 7) is -1.49. The van der Waals surface area contributed by atoms with Gasteiger partial charge in [0.2, 0.25) is 0 Å². The predicted molar refractivity (Wildman–Crippen MR) is 155 cm³/mol. The lowest BCUT2D eigenvalue weighted by molar-refractivity contribution is 0.284. The van der Waals surface area contributed by atoms with Crippen molar-refractivity contribution >= 4 is 74.3 Å². The van der Waals surface area contributed by atoms with Gasteiger partial charge < -0.3 is 16.6 Å². The Bertz CT molecular complexity index is 2070. The number of benzene rings is 3. The molecular weight excluding hydrogens is 669 g/mol. The number of hydrogen-bond donors (Lipinski definition) is 5. The number of hydrogen-bond acceptors (Lipinski definition) is 16. The van der Waals surface area contributed by atoms with Gasteiger partial charge in [-0.1, -0.05) is 12.1 Å². The van der Waals surface area contributed by atoms with Crippen LogP contribution in [0.2, 0.25) is 0 Å². The molecule has 0 aliphatic carbocycles. The van der Waals surface area contributed by atoms with Crippen LogP contribution in [0.4, 0.5) is 34.1 Å².